The fourth-order valence-electron chi connectivity index (χ4n) is 4.29. The lowest BCUT2D eigenvalue weighted by Gasteiger charge is -2.28. The van der Waals surface area contributed by atoms with E-state index < -0.39 is 50.3 Å². The minimum Gasteiger partial charge on any atom is -0.476 e. The van der Waals surface area contributed by atoms with Crippen molar-refractivity contribution in [2.45, 2.75) is 64.6 Å². The number of aliphatic hydroxyl groups excluding tert-OH is 1. The van der Waals surface area contributed by atoms with Crippen molar-refractivity contribution in [2.24, 2.45) is 11.7 Å². The summed E-state index contributed by atoms with van der Waals surface area (Å²) in [6, 6.07) is 7.28. The first-order chi connectivity index (χ1) is 19.8. The molecule has 1 aliphatic rings. The van der Waals surface area contributed by atoms with Crippen LogP contribution in [0.25, 0.3) is 11.2 Å². The second-order valence-electron chi connectivity index (χ2n) is 10.6. The van der Waals surface area contributed by atoms with Crippen LogP contribution in [-0.4, -0.2) is 74.2 Å². The zero-order valence-electron chi connectivity index (χ0n) is 24.2. The maximum Gasteiger partial charge on any atom is 0.459 e. The van der Waals surface area contributed by atoms with E-state index in [1.165, 1.54) is 17.8 Å². The SMILES string of the molecule is CCOc1nc(N)nc2c1ncn2C1OC(COP(=O)(NC(C)C(=O)OCC(C)C)Oc2ccccc2)C(O)C1(C)N. The summed E-state index contributed by atoms with van der Waals surface area (Å²) in [7, 11) is -4.21. The molecule has 2 aromatic heterocycles. The van der Waals surface area contributed by atoms with E-state index >= 15 is 0 Å². The van der Waals surface area contributed by atoms with E-state index in [9.17, 15) is 14.5 Å². The van der Waals surface area contributed by atoms with E-state index in [1.807, 2.05) is 13.8 Å². The molecule has 16 heteroatoms. The largest absolute Gasteiger partial charge is 0.476 e. The molecule has 6 N–H and O–H groups in total. The van der Waals surface area contributed by atoms with Crippen molar-refractivity contribution in [3.8, 4) is 11.6 Å². The predicted octanol–water partition coefficient (Wildman–Crippen LogP) is 2.16. The number of esters is 1. The van der Waals surface area contributed by atoms with Crippen molar-refractivity contribution >= 4 is 30.8 Å². The number of anilines is 1. The zero-order chi connectivity index (χ0) is 30.7. The molecule has 1 saturated heterocycles. The number of nitrogen functional groups attached to an aromatic ring is 1. The number of benzene rings is 1. The Morgan fingerprint density at radius 3 is 2.64 bits per heavy atom. The fraction of sp³-hybridized carbons (Fsp3) is 0.538. The van der Waals surface area contributed by atoms with Crippen LogP contribution >= 0.6 is 7.75 Å². The third-order valence-corrected chi connectivity index (χ3v) is 8.05. The molecule has 4 rings (SSSR count). The number of para-hydroxylation sites is 1. The smallest absolute Gasteiger partial charge is 0.459 e. The number of nitrogens with zero attached hydrogens (tertiary/aromatic N) is 4. The molecule has 3 aromatic rings. The maximum atomic E-state index is 13.9. The number of aromatic nitrogens is 4. The summed E-state index contributed by atoms with van der Waals surface area (Å²) in [6.45, 7) is 8.78. The number of hydrogen-bond acceptors (Lipinski definition) is 13. The normalized spacial score (nSPS) is 24.4. The Balaban J connectivity index is 1.55. The van der Waals surface area contributed by atoms with Gasteiger partial charge in [-0.3, -0.25) is 13.9 Å². The number of nitrogens with one attached hydrogen (secondary N) is 1. The second kappa shape index (κ2) is 12.9. The highest BCUT2D eigenvalue weighted by Gasteiger charge is 2.53. The average molecular weight is 608 g/mol. The number of carbonyl (C=O) groups is 1. The lowest BCUT2D eigenvalue weighted by atomic mass is 9.93. The minimum atomic E-state index is -4.21. The molecule has 1 fully saturated rings. The van der Waals surface area contributed by atoms with Crippen LogP contribution in [0.4, 0.5) is 5.95 Å². The molecule has 0 saturated carbocycles. The van der Waals surface area contributed by atoms with Gasteiger partial charge in [0.25, 0.3) is 0 Å². The van der Waals surface area contributed by atoms with Gasteiger partial charge in [0.2, 0.25) is 11.8 Å². The number of fused-ring (bicyclic) bond motifs is 1. The van der Waals surface area contributed by atoms with E-state index in [4.69, 9.17) is 34.7 Å². The quantitative estimate of drug-likeness (QED) is 0.162. The number of nitrogens with two attached hydrogens (primary N) is 2. The van der Waals surface area contributed by atoms with Crippen molar-refractivity contribution < 1.29 is 37.7 Å². The topological polar surface area (TPSA) is 208 Å². The second-order valence-corrected chi connectivity index (χ2v) is 12.2. The average Bonchev–Trinajstić information content (AvgIpc) is 3.44. The summed E-state index contributed by atoms with van der Waals surface area (Å²) in [5, 5.41) is 13.8. The standard InChI is InChI=1S/C26H38N7O8P/c1-6-37-22-19-21(30-25(27)31-22)33(14-29-19)24-26(5,28)20(34)18(40-24)13-39-42(36,41-17-10-8-7-9-11-17)32-16(4)23(35)38-12-15(2)3/h7-11,14-16,18,20,24,34H,6,12-13,28H2,1-5H3,(H,32,36)(H2,27,30,31). The van der Waals surface area contributed by atoms with Gasteiger partial charge >= 0.3 is 13.7 Å². The Bertz CT molecular complexity index is 1420. The summed E-state index contributed by atoms with van der Waals surface area (Å²) in [5.41, 5.74) is 11.7. The van der Waals surface area contributed by atoms with Crippen LogP contribution < -0.4 is 25.8 Å². The van der Waals surface area contributed by atoms with Gasteiger partial charge in [-0.2, -0.15) is 15.1 Å². The number of ether oxygens (including phenoxy) is 3. The number of carbonyl (C=O) groups excluding carboxylic acids is 1. The van der Waals surface area contributed by atoms with Crippen molar-refractivity contribution in [1.82, 2.24) is 24.6 Å². The van der Waals surface area contributed by atoms with Crippen molar-refractivity contribution in [2.75, 3.05) is 25.6 Å². The van der Waals surface area contributed by atoms with Crippen LogP contribution in [0.5, 0.6) is 11.6 Å². The molecule has 1 aliphatic heterocycles. The fourth-order valence-corrected chi connectivity index (χ4v) is 5.79. The Morgan fingerprint density at radius 2 is 1.98 bits per heavy atom. The third kappa shape index (κ3) is 7.00. The van der Waals surface area contributed by atoms with Crippen molar-refractivity contribution in [3.05, 3.63) is 36.7 Å². The number of hydrogen-bond donors (Lipinski definition) is 4. The van der Waals surface area contributed by atoms with Gasteiger partial charge in [-0.1, -0.05) is 32.0 Å². The first-order valence-electron chi connectivity index (χ1n) is 13.5. The van der Waals surface area contributed by atoms with E-state index in [0.717, 1.165) is 0 Å². The molecule has 0 spiro atoms. The van der Waals surface area contributed by atoms with Crippen LogP contribution in [0.2, 0.25) is 0 Å². The molecule has 3 heterocycles. The molecule has 0 radical (unpaired) electrons. The van der Waals surface area contributed by atoms with Crippen LogP contribution in [0.1, 0.15) is 40.8 Å². The molecule has 1 aromatic carbocycles. The molecule has 15 nitrogen and oxygen atoms in total. The van der Waals surface area contributed by atoms with Gasteiger partial charge in [0.15, 0.2) is 17.4 Å². The Kier molecular flexibility index (Phi) is 9.70. The lowest BCUT2D eigenvalue weighted by molar-refractivity contribution is -0.146. The van der Waals surface area contributed by atoms with E-state index in [0.29, 0.717) is 12.1 Å². The molecule has 0 amide bonds. The first-order valence-corrected chi connectivity index (χ1v) is 15.1. The molecule has 6 unspecified atom stereocenters. The molecule has 6 atom stereocenters. The summed E-state index contributed by atoms with van der Waals surface area (Å²) >= 11 is 0. The van der Waals surface area contributed by atoms with Gasteiger partial charge in [-0.05, 0) is 38.8 Å². The molecule has 42 heavy (non-hydrogen) atoms. The van der Waals surface area contributed by atoms with E-state index in [2.05, 4.69) is 20.0 Å². The lowest BCUT2D eigenvalue weighted by Crippen LogP contribution is -2.52. The van der Waals surface area contributed by atoms with E-state index in [1.54, 1.807) is 44.2 Å². The van der Waals surface area contributed by atoms with Gasteiger partial charge in [0, 0.05) is 0 Å². The number of imidazole rings is 1. The summed E-state index contributed by atoms with van der Waals surface area (Å²) < 4.78 is 43.8. The Labute approximate surface area is 243 Å². The van der Waals surface area contributed by atoms with Crippen LogP contribution in [0, 0.1) is 5.92 Å². The van der Waals surface area contributed by atoms with Crippen molar-refractivity contribution in [1.29, 1.82) is 0 Å². The molecule has 0 aliphatic carbocycles. The number of rotatable bonds is 13. The van der Waals surface area contributed by atoms with Crippen LogP contribution in [0.15, 0.2) is 36.7 Å². The predicted molar refractivity (Wildman–Crippen MR) is 152 cm³/mol. The summed E-state index contributed by atoms with van der Waals surface area (Å²) in [6.07, 6.45) is -1.90. The third-order valence-electron chi connectivity index (χ3n) is 6.41. The monoisotopic (exact) mass is 607 g/mol. The Hall–Kier alpha value is -3.33. The zero-order valence-corrected chi connectivity index (χ0v) is 25.1. The molecular weight excluding hydrogens is 569 g/mol. The number of aliphatic hydroxyl groups is 1. The van der Waals surface area contributed by atoms with Crippen LogP contribution in [-0.2, 0) is 23.4 Å². The van der Waals surface area contributed by atoms with Gasteiger partial charge < -0.3 is 35.3 Å². The molecular formula is C26H38N7O8P. The molecule has 230 valence electrons. The maximum absolute atomic E-state index is 13.9. The molecule has 0 bridgehead atoms. The van der Waals surface area contributed by atoms with E-state index in [-0.39, 0.29) is 35.7 Å². The highest BCUT2D eigenvalue weighted by atomic mass is 31.2. The van der Waals surface area contributed by atoms with Gasteiger partial charge in [-0.15, -0.1) is 0 Å². The van der Waals surface area contributed by atoms with Crippen LogP contribution in [0.3, 0.4) is 0 Å². The summed E-state index contributed by atoms with van der Waals surface area (Å²) in [5.74, 6) is -0.128. The highest BCUT2D eigenvalue weighted by Crippen LogP contribution is 2.47. The summed E-state index contributed by atoms with van der Waals surface area (Å²) in [4.78, 5) is 25.2. The highest BCUT2D eigenvalue weighted by molar-refractivity contribution is 7.52. The van der Waals surface area contributed by atoms with Gasteiger partial charge in [-0.25, -0.2) is 9.55 Å². The Morgan fingerprint density at radius 1 is 1.26 bits per heavy atom. The van der Waals surface area contributed by atoms with Gasteiger partial charge in [0.05, 0.1) is 31.7 Å². The van der Waals surface area contributed by atoms with Crippen molar-refractivity contribution in [3.63, 3.8) is 0 Å². The minimum absolute atomic E-state index is 0.0454. The first kappa shape index (κ1) is 31.6. The van der Waals surface area contributed by atoms with Gasteiger partial charge in [0.1, 0.15) is 24.0 Å².